The molecule has 2 rings (SSSR count). The lowest BCUT2D eigenvalue weighted by Gasteiger charge is -2.13. The Labute approximate surface area is 148 Å². The van der Waals surface area contributed by atoms with Gasteiger partial charge in [-0.2, -0.15) is 13.2 Å². The Morgan fingerprint density at radius 2 is 1.88 bits per heavy atom. The lowest BCUT2D eigenvalue weighted by atomic mass is 10.00. The van der Waals surface area contributed by atoms with E-state index in [9.17, 15) is 23.1 Å². The Balaban J connectivity index is 2.25. The normalized spacial score (nSPS) is 11.6. The fourth-order valence-electron chi connectivity index (χ4n) is 2.35. The molecule has 0 spiro atoms. The second kappa shape index (κ2) is 7.35. The van der Waals surface area contributed by atoms with Crippen LogP contribution in [0, 0.1) is 5.92 Å². The first kappa shape index (κ1) is 19.1. The molecule has 0 fully saturated rings. The molecule has 2 N–H and O–H groups in total. The highest BCUT2D eigenvalue weighted by Gasteiger charge is 2.31. The number of benzene rings is 2. The van der Waals surface area contributed by atoms with Gasteiger partial charge in [0, 0.05) is 0 Å². The number of carbonyl (C=O) groups is 1. The molecule has 0 unspecified atom stereocenters. The van der Waals surface area contributed by atoms with Crippen LogP contribution in [0.15, 0.2) is 36.4 Å². The van der Waals surface area contributed by atoms with Crippen molar-refractivity contribution >= 4 is 23.2 Å². The lowest BCUT2D eigenvalue weighted by Crippen LogP contribution is -2.14. The van der Waals surface area contributed by atoms with Crippen LogP contribution in [0.2, 0.25) is 5.02 Å². The predicted molar refractivity (Wildman–Crippen MR) is 91.1 cm³/mol. The maximum absolute atomic E-state index is 12.6. The number of rotatable bonds is 4. The van der Waals surface area contributed by atoms with E-state index in [0.717, 1.165) is 30.2 Å². The zero-order valence-corrected chi connectivity index (χ0v) is 14.4. The van der Waals surface area contributed by atoms with Crippen molar-refractivity contribution in [3.8, 4) is 5.75 Å². The van der Waals surface area contributed by atoms with E-state index in [4.69, 9.17) is 11.6 Å². The summed E-state index contributed by atoms with van der Waals surface area (Å²) in [4.78, 5) is 12.4. The van der Waals surface area contributed by atoms with Crippen molar-refractivity contribution in [3.63, 3.8) is 0 Å². The number of amides is 1. The van der Waals surface area contributed by atoms with Crippen LogP contribution in [0.25, 0.3) is 0 Å². The number of hydrogen-bond acceptors (Lipinski definition) is 2. The maximum atomic E-state index is 12.6. The van der Waals surface area contributed by atoms with Gasteiger partial charge in [0.1, 0.15) is 5.75 Å². The highest BCUT2D eigenvalue weighted by Crippen LogP contribution is 2.34. The van der Waals surface area contributed by atoms with Crippen LogP contribution in [0.4, 0.5) is 18.9 Å². The summed E-state index contributed by atoms with van der Waals surface area (Å²) in [5.41, 5.74) is 0.0381. The van der Waals surface area contributed by atoms with E-state index < -0.39 is 17.6 Å². The standard InChI is InChI=1S/C18H17ClF3NO2/c1-10(2)7-11-3-6-16(24)13(8-11)17(25)23-15-5-4-12(9-14(15)19)18(20,21)22/h3-6,8-10,24H,7H2,1-2H3,(H,23,25). The van der Waals surface area contributed by atoms with Crippen LogP contribution in [-0.4, -0.2) is 11.0 Å². The fourth-order valence-corrected chi connectivity index (χ4v) is 2.57. The Morgan fingerprint density at radius 3 is 2.44 bits per heavy atom. The third-order valence-electron chi connectivity index (χ3n) is 3.49. The Morgan fingerprint density at radius 1 is 1.20 bits per heavy atom. The molecule has 0 aliphatic rings. The molecule has 0 radical (unpaired) electrons. The molecule has 25 heavy (non-hydrogen) atoms. The lowest BCUT2D eigenvalue weighted by molar-refractivity contribution is -0.137. The van der Waals surface area contributed by atoms with Gasteiger partial charge in [0.25, 0.3) is 5.91 Å². The average molecular weight is 372 g/mol. The van der Waals surface area contributed by atoms with Crippen molar-refractivity contribution in [2.45, 2.75) is 26.4 Å². The summed E-state index contributed by atoms with van der Waals surface area (Å²) in [6.07, 6.45) is -3.79. The molecule has 0 bridgehead atoms. The molecule has 2 aromatic carbocycles. The summed E-state index contributed by atoms with van der Waals surface area (Å²) in [6, 6.07) is 7.35. The number of carbonyl (C=O) groups excluding carboxylic acids is 1. The average Bonchev–Trinajstić information content (AvgIpc) is 2.49. The first-order chi connectivity index (χ1) is 11.6. The minimum Gasteiger partial charge on any atom is -0.507 e. The van der Waals surface area contributed by atoms with E-state index in [1.54, 1.807) is 12.1 Å². The van der Waals surface area contributed by atoms with E-state index in [2.05, 4.69) is 5.32 Å². The number of halogens is 4. The summed E-state index contributed by atoms with van der Waals surface area (Å²) < 4.78 is 37.9. The second-order valence-electron chi connectivity index (χ2n) is 6.10. The smallest absolute Gasteiger partial charge is 0.416 e. The summed E-state index contributed by atoms with van der Waals surface area (Å²) in [6.45, 7) is 4.04. The number of anilines is 1. The molecule has 0 atom stereocenters. The van der Waals surface area contributed by atoms with E-state index in [1.165, 1.54) is 6.07 Å². The van der Waals surface area contributed by atoms with Crippen molar-refractivity contribution in [3.05, 3.63) is 58.1 Å². The fraction of sp³-hybridized carbons (Fsp3) is 0.278. The second-order valence-corrected chi connectivity index (χ2v) is 6.50. The minimum atomic E-state index is -4.52. The number of phenols is 1. The van der Waals surface area contributed by atoms with Gasteiger partial charge < -0.3 is 10.4 Å². The number of nitrogens with one attached hydrogen (secondary N) is 1. The van der Waals surface area contributed by atoms with Crippen LogP contribution in [0.1, 0.15) is 35.3 Å². The van der Waals surface area contributed by atoms with Crippen LogP contribution >= 0.6 is 11.6 Å². The molecule has 0 heterocycles. The van der Waals surface area contributed by atoms with Gasteiger partial charge in [-0.05, 0) is 48.2 Å². The molecule has 0 aliphatic carbocycles. The summed E-state index contributed by atoms with van der Waals surface area (Å²) in [7, 11) is 0. The van der Waals surface area contributed by atoms with Crippen molar-refractivity contribution in [2.75, 3.05) is 5.32 Å². The molecular formula is C18H17ClF3NO2. The number of phenolic OH excluding ortho intramolecular Hbond substituents is 1. The van der Waals surface area contributed by atoms with Crippen LogP contribution in [0.5, 0.6) is 5.75 Å². The molecule has 0 saturated heterocycles. The van der Waals surface area contributed by atoms with Crippen LogP contribution in [0.3, 0.4) is 0 Å². The van der Waals surface area contributed by atoms with Gasteiger partial charge in [-0.1, -0.05) is 31.5 Å². The molecule has 3 nitrogen and oxygen atoms in total. The highest BCUT2D eigenvalue weighted by atomic mass is 35.5. The third-order valence-corrected chi connectivity index (χ3v) is 3.81. The molecule has 0 aliphatic heterocycles. The number of hydrogen-bond donors (Lipinski definition) is 2. The van der Waals surface area contributed by atoms with E-state index >= 15 is 0 Å². The Bertz CT molecular complexity index is 788. The predicted octanol–water partition coefficient (Wildman–Crippen LogP) is 5.52. The summed E-state index contributed by atoms with van der Waals surface area (Å²) in [5, 5.41) is 12.1. The first-order valence-electron chi connectivity index (χ1n) is 7.58. The van der Waals surface area contributed by atoms with E-state index in [1.807, 2.05) is 13.8 Å². The Hall–Kier alpha value is -2.21. The highest BCUT2D eigenvalue weighted by molar-refractivity contribution is 6.34. The first-order valence-corrected chi connectivity index (χ1v) is 7.95. The number of aromatic hydroxyl groups is 1. The summed E-state index contributed by atoms with van der Waals surface area (Å²) in [5.74, 6) is -0.498. The van der Waals surface area contributed by atoms with Crippen LogP contribution < -0.4 is 5.32 Å². The van der Waals surface area contributed by atoms with Crippen LogP contribution in [-0.2, 0) is 12.6 Å². The van der Waals surface area contributed by atoms with E-state index in [-0.39, 0.29) is 22.0 Å². The molecule has 134 valence electrons. The van der Waals surface area contributed by atoms with Crippen molar-refractivity contribution in [2.24, 2.45) is 5.92 Å². The van der Waals surface area contributed by atoms with Gasteiger partial charge in [-0.25, -0.2) is 0 Å². The zero-order chi connectivity index (χ0) is 18.8. The van der Waals surface area contributed by atoms with Crippen molar-refractivity contribution < 1.29 is 23.1 Å². The third kappa shape index (κ3) is 4.89. The monoisotopic (exact) mass is 371 g/mol. The van der Waals surface area contributed by atoms with E-state index in [0.29, 0.717) is 5.92 Å². The van der Waals surface area contributed by atoms with Gasteiger partial charge in [-0.15, -0.1) is 0 Å². The van der Waals surface area contributed by atoms with Gasteiger partial charge in [0.05, 0.1) is 21.8 Å². The van der Waals surface area contributed by atoms with Gasteiger partial charge >= 0.3 is 6.18 Å². The maximum Gasteiger partial charge on any atom is 0.416 e. The Kier molecular flexibility index (Phi) is 5.62. The molecule has 0 saturated carbocycles. The van der Waals surface area contributed by atoms with Gasteiger partial charge in [0.15, 0.2) is 0 Å². The van der Waals surface area contributed by atoms with Crippen molar-refractivity contribution in [1.82, 2.24) is 0 Å². The molecule has 0 aromatic heterocycles. The molecule has 1 amide bonds. The van der Waals surface area contributed by atoms with Crippen molar-refractivity contribution in [1.29, 1.82) is 0 Å². The molecule has 2 aromatic rings. The van der Waals surface area contributed by atoms with Gasteiger partial charge in [-0.3, -0.25) is 4.79 Å². The number of alkyl halides is 3. The largest absolute Gasteiger partial charge is 0.507 e. The molecule has 7 heteroatoms. The topological polar surface area (TPSA) is 49.3 Å². The molecular weight excluding hydrogens is 355 g/mol. The summed E-state index contributed by atoms with van der Waals surface area (Å²) >= 11 is 5.83. The SMILES string of the molecule is CC(C)Cc1ccc(O)c(C(=O)Nc2ccc(C(F)(F)F)cc2Cl)c1. The van der Waals surface area contributed by atoms with Gasteiger partial charge in [0.2, 0.25) is 0 Å². The quantitative estimate of drug-likeness (QED) is 0.744. The minimum absolute atomic E-state index is 0.0355. The zero-order valence-electron chi connectivity index (χ0n) is 13.6.